The normalized spacial score (nSPS) is 17.2. The van der Waals surface area contributed by atoms with Crippen LogP contribution in [0.15, 0.2) is 0 Å². The lowest BCUT2D eigenvalue weighted by Crippen LogP contribution is -2.43. The van der Waals surface area contributed by atoms with Crippen molar-refractivity contribution in [3.8, 4) is 0 Å². The second-order valence-corrected chi connectivity index (χ2v) is 6.28. The second-order valence-electron chi connectivity index (χ2n) is 6.28. The Morgan fingerprint density at radius 3 is 1.55 bits per heavy atom. The lowest BCUT2D eigenvalue weighted by molar-refractivity contribution is -0.0987. The van der Waals surface area contributed by atoms with Crippen LogP contribution >= 0.6 is 0 Å². The second kappa shape index (κ2) is 8.26. The molecule has 0 aromatic heterocycles. The van der Waals surface area contributed by atoms with Crippen LogP contribution < -0.4 is 0 Å². The van der Waals surface area contributed by atoms with Crippen LogP contribution in [0, 0.1) is 16.7 Å². The SMILES string of the molecule is OCC(CO)(CO)COCC(CO)(CO)CC1CCC1. The average Bonchev–Trinajstić information content (AvgIpc) is 2.46. The molecule has 0 aromatic rings. The molecule has 0 aliphatic heterocycles. The third kappa shape index (κ3) is 4.38. The standard InChI is InChI=1S/C14H28O6/c15-5-13(6-16,4-12-2-1-3-12)10-20-11-14(7-17,8-18)9-19/h12,15-19H,1-11H2. The molecule has 1 aliphatic rings. The summed E-state index contributed by atoms with van der Waals surface area (Å²) in [5, 5.41) is 46.8. The minimum absolute atomic E-state index is 0.0110. The monoisotopic (exact) mass is 292 g/mol. The van der Waals surface area contributed by atoms with Crippen LogP contribution in [-0.2, 0) is 4.74 Å². The molecule has 20 heavy (non-hydrogen) atoms. The number of aliphatic hydroxyl groups is 5. The summed E-state index contributed by atoms with van der Waals surface area (Å²) >= 11 is 0. The number of hydrogen-bond acceptors (Lipinski definition) is 6. The first-order chi connectivity index (χ1) is 9.59. The van der Waals surface area contributed by atoms with Crippen molar-refractivity contribution >= 4 is 0 Å². The van der Waals surface area contributed by atoms with Gasteiger partial charge in [-0.2, -0.15) is 0 Å². The van der Waals surface area contributed by atoms with Crippen molar-refractivity contribution in [3.05, 3.63) is 0 Å². The van der Waals surface area contributed by atoms with Gasteiger partial charge in [0.1, 0.15) is 0 Å². The lowest BCUT2D eigenvalue weighted by atomic mass is 9.72. The highest BCUT2D eigenvalue weighted by Crippen LogP contribution is 2.37. The quantitative estimate of drug-likeness (QED) is 0.338. The van der Waals surface area contributed by atoms with Gasteiger partial charge in [0.05, 0.1) is 51.7 Å². The van der Waals surface area contributed by atoms with Gasteiger partial charge in [-0.05, 0) is 12.3 Å². The summed E-state index contributed by atoms with van der Waals surface area (Å²) in [5.74, 6) is 0.524. The molecule has 6 heteroatoms. The van der Waals surface area contributed by atoms with Crippen LogP contribution in [0.2, 0.25) is 0 Å². The van der Waals surface area contributed by atoms with E-state index < -0.39 is 10.8 Å². The van der Waals surface area contributed by atoms with E-state index in [2.05, 4.69) is 0 Å². The van der Waals surface area contributed by atoms with E-state index in [0.717, 1.165) is 12.8 Å². The van der Waals surface area contributed by atoms with Crippen molar-refractivity contribution < 1.29 is 30.3 Å². The number of ether oxygens (including phenoxy) is 1. The van der Waals surface area contributed by atoms with Crippen LogP contribution in [0.4, 0.5) is 0 Å². The van der Waals surface area contributed by atoms with E-state index in [-0.39, 0.29) is 46.2 Å². The van der Waals surface area contributed by atoms with Crippen molar-refractivity contribution in [3.63, 3.8) is 0 Å². The number of hydrogen-bond donors (Lipinski definition) is 5. The van der Waals surface area contributed by atoms with Crippen molar-refractivity contribution in [2.75, 3.05) is 46.2 Å². The summed E-state index contributed by atoms with van der Waals surface area (Å²) in [4.78, 5) is 0. The highest BCUT2D eigenvalue weighted by molar-refractivity contribution is 4.85. The van der Waals surface area contributed by atoms with Crippen molar-refractivity contribution in [2.24, 2.45) is 16.7 Å². The van der Waals surface area contributed by atoms with Crippen LogP contribution in [0.3, 0.4) is 0 Å². The number of rotatable bonds is 11. The fraction of sp³-hybridized carbons (Fsp3) is 1.00. The first-order valence-corrected chi connectivity index (χ1v) is 7.21. The van der Waals surface area contributed by atoms with Crippen molar-refractivity contribution in [1.29, 1.82) is 0 Å². The Balaban J connectivity index is 2.49. The molecule has 0 spiro atoms. The van der Waals surface area contributed by atoms with Gasteiger partial charge in [-0.25, -0.2) is 0 Å². The third-order valence-corrected chi connectivity index (χ3v) is 4.44. The number of aliphatic hydroxyl groups excluding tert-OH is 5. The van der Waals surface area contributed by atoms with E-state index >= 15 is 0 Å². The van der Waals surface area contributed by atoms with Gasteiger partial charge in [-0.15, -0.1) is 0 Å². The van der Waals surface area contributed by atoms with Gasteiger partial charge in [0, 0.05) is 5.41 Å². The minimum atomic E-state index is -1.08. The minimum Gasteiger partial charge on any atom is -0.396 e. The molecular formula is C14H28O6. The summed E-state index contributed by atoms with van der Waals surface area (Å²) in [6.07, 6.45) is 4.15. The summed E-state index contributed by atoms with van der Waals surface area (Å²) < 4.78 is 5.49. The topological polar surface area (TPSA) is 110 Å². The van der Waals surface area contributed by atoms with Gasteiger partial charge in [0.25, 0.3) is 0 Å². The molecule has 0 atom stereocenters. The van der Waals surface area contributed by atoms with Gasteiger partial charge < -0.3 is 30.3 Å². The Bertz CT molecular complexity index is 250. The maximum absolute atomic E-state index is 9.56. The zero-order valence-corrected chi connectivity index (χ0v) is 12.0. The molecule has 0 aromatic carbocycles. The zero-order chi connectivity index (χ0) is 15.1. The van der Waals surface area contributed by atoms with Gasteiger partial charge in [0.2, 0.25) is 0 Å². The molecular weight excluding hydrogens is 264 g/mol. The average molecular weight is 292 g/mol. The molecule has 0 heterocycles. The molecule has 0 saturated heterocycles. The zero-order valence-electron chi connectivity index (χ0n) is 12.0. The molecule has 1 fully saturated rings. The first-order valence-electron chi connectivity index (χ1n) is 7.21. The molecule has 0 unspecified atom stereocenters. The summed E-state index contributed by atoms with van der Waals surface area (Å²) in [5.41, 5.74) is -1.76. The van der Waals surface area contributed by atoms with Gasteiger partial charge in [-0.1, -0.05) is 19.3 Å². The predicted octanol–water partition coefficient (Wildman–Crippen LogP) is -0.873. The fourth-order valence-electron chi connectivity index (χ4n) is 2.41. The predicted molar refractivity (Wildman–Crippen MR) is 73.1 cm³/mol. The van der Waals surface area contributed by atoms with E-state index in [4.69, 9.17) is 4.74 Å². The molecule has 0 amide bonds. The molecule has 6 nitrogen and oxygen atoms in total. The van der Waals surface area contributed by atoms with E-state index in [1.807, 2.05) is 0 Å². The smallest absolute Gasteiger partial charge is 0.0629 e. The maximum atomic E-state index is 9.56. The van der Waals surface area contributed by atoms with E-state index in [0.29, 0.717) is 12.3 Å². The van der Waals surface area contributed by atoms with Crippen LogP contribution in [-0.4, -0.2) is 71.8 Å². The Kier molecular flexibility index (Phi) is 7.36. The molecule has 1 saturated carbocycles. The third-order valence-electron chi connectivity index (χ3n) is 4.44. The fourth-order valence-corrected chi connectivity index (χ4v) is 2.41. The Labute approximate surface area is 120 Å². The summed E-state index contributed by atoms with van der Waals surface area (Å²) in [6.45, 7) is -1.33. The van der Waals surface area contributed by atoms with Gasteiger partial charge in [0.15, 0.2) is 0 Å². The molecule has 0 bridgehead atoms. The highest BCUT2D eigenvalue weighted by atomic mass is 16.5. The van der Waals surface area contributed by atoms with Gasteiger partial charge >= 0.3 is 0 Å². The van der Waals surface area contributed by atoms with Crippen LogP contribution in [0.25, 0.3) is 0 Å². The maximum Gasteiger partial charge on any atom is 0.0629 e. The first kappa shape index (κ1) is 17.8. The molecule has 5 N–H and O–H groups in total. The Hall–Kier alpha value is -0.240. The largest absolute Gasteiger partial charge is 0.396 e. The Morgan fingerprint density at radius 1 is 0.750 bits per heavy atom. The van der Waals surface area contributed by atoms with Crippen molar-refractivity contribution in [1.82, 2.24) is 0 Å². The lowest BCUT2D eigenvalue weighted by Gasteiger charge is -2.38. The van der Waals surface area contributed by atoms with Crippen LogP contribution in [0.1, 0.15) is 25.7 Å². The van der Waals surface area contributed by atoms with E-state index in [9.17, 15) is 25.5 Å². The molecule has 1 aliphatic carbocycles. The molecule has 1 rings (SSSR count). The Morgan fingerprint density at radius 2 is 1.20 bits per heavy atom. The van der Waals surface area contributed by atoms with Gasteiger partial charge in [-0.3, -0.25) is 0 Å². The van der Waals surface area contributed by atoms with Crippen molar-refractivity contribution in [2.45, 2.75) is 25.7 Å². The molecule has 0 radical (unpaired) electrons. The summed E-state index contributed by atoms with van der Waals surface area (Å²) in [6, 6.07) is 0. The van der Waals surface area contributed by atoms with Crippen LogP contribution in [0.5, 0.6) is 0 Å². The summed E-state index contributed by atoms with van der Waals surface area (Å²) in [7, 11) is 0. The highest BCUT2D eigenvalue weighted by Gasteiger charge is 2.36. The molecule has 120 valence electrons. The van der Waals surface area contributed by atoms with E-state index in [1.54, 1.807) is 0 Å². The van der Waals surface area contributed by atoms with E-state index in [1.165, 1.54) is 6.42 Å².